The number of aliphatic hydroxyl groups is 3. The van der Waals surface area contributed by atoms with Gasteiger partial charge in [0.15, 0.2) is 24.2 Å². The summed E-state index contributed by atoms with van der Waals surface area (Å²) in [6.45, 7) is 0. The highest BCUT2D eigenvalue weighted by Crippen LogP contribution is 2.41. The van der Waals surface area contributed by atoms with Crippen LogP contribution in [-0.4, -0.2) is 69.2 Å². The Morgan fingerprint density at radius 2 is 1.89 bits per heavy atom. The number of rotatable bonds is 4. The summed E-state index contributed by atoms with van der Waals surface area (Å²) in [6.07, 6.45) is -7.65. The average molecular weight is 405 g/mol. The maximum absolute atomic E-state index is 10.9. The fourth-order valence-corrected chi connectivity index (χ4v) is 3.11. The normalized spacial score (nSPS) is 27.1. The molecule has 3 heterocycles. The van der Waals surface area contributed by atoms with Crippen LogP contribution in [0.25, 0.3) is 11.0 Å². The van der Waals surface area contributed by atoms with Crippen molar-refractivity contribution in [1.82, 2.24) is 19.5 Å². The van der Waals surface area contributed by atoms with Crippen molar-refractivity contribution < 1.29 is 38.9 Å². The van der Waals surface area contributed by atoms with Crippen LogP contribution in [0.15, 0.2) is 6.33 Å². The maximum atomic E-state index is 10.9. The van der Waals surface area contributed by atoms with Gasteiger partial charge in [-0.3, -0.25) is 14.5 Å². The van der Waals surface area contributed by atoms with Crippen LogP contribution in [0.4, 0.5) is 11.6 Å². The first-order valence-electron chi connectivity index (χ1n) is 7.27. The molecule has 3 rings (SSSR count). The number of imidazole rings is 1. The molecule has 1 saturated heterocycles. The molecule has 16 heteroatoms. The highest BCUT2D eigenvalue weighted by molar-refractivity contribution is 7.46. The fraction of sp³-hybridized carbons (Fsp3) is 0.455. The molecule has 0 amide bonds. The number of aromatic nitrogens is 4. The molecule has 1 unspecified atom stereocenters. The summed E-state index contributed by atoms with van der Waals surface area (Å²) in [5, 5.41) is 37.6. The Bertz CT molecular complexity index is 979. The molecule has 10 N–H and O–H groups in total. The van der Waals surface area contributed by atoms with E-state index in [2.05, 4.69) is 19.5 Å². The molecule has 2 aromatic rings. The van der Waals surface area contributed by atoms with Crippen LogP contribution in [0.3, 0.4) is 0 Å². The lowest BCUT2D eigenvalue weighted by Crippen LogP contribution is -2.39. The Kier molecular flexibility index (Phi) is 4.87. The summed E-state index contributed by atoms with van der Waals surface area (Å²) in [6, 6.07) is 0. The van der Waals surface area contributed by atoms with Crippen LogP contribution in [0.2, 0.25) is 0 Å². The number of ether oxygens (including phenoxy) is 1. The minimum atomic E-state index is -5.09. The lowest BCUT2D eigenvalue weighted by atomic mass is 10.1. The topological polar surface area (TPSA) is 256 Å². The van der Waals surface area contributed by atoms with Gasteiger partial charge in [0.2, 0.25) is 5.62 Å². The van der Waals surface area contributed by atoms with E-state index >= 15 is 0 Å². The third-order valence-electron chi connectivity index (χ3n) is 3.81. The number of fused-ring (bicyclic) bond motifs is 1. The highest BCUT2D eigenvalue weighted by atomic mass is 31.2. The van der Waals surface area contributed by atoms with Crippen molar-refractivity contribution in [2.24, 2.45) is 0 Å². The second-order valence-electron chi connectivity index (χ2n) is 5.63. The highest BCUT2D eigenvalue weighted by Gasteiger charge is 2.49. The van der Waals surface area contributed by atoms with E-state index in [1.165, 1.54) is 0 Å². The molecule has 0 aliphatic carbocycles. The van der Waals surface area contributed by atoms with Gasteiger partial charge in [-0.15, -0.1) is 0 Å². The van der Waals surface area contributed by atoms with Crippen LogP contribution < -0.4 is 17.1 Å². The van der Waals surface area contributed by atoms with E-state index < -0.39 is 44.3 Å². The third-order valence-corrected chi connectivity index (χ3v) is 4.30. The number of phosphoric acid groups is 1. The van der Waals surface area contributed by atoms with Crippen LogP contribution in [0.1, 0.15) is 6.23 Å². The quantitative estimate of drug-likeness (QED) is 0.182. The van der Waals surface area contributed by atoms with E-state index in [1.54, 1.807) is 0 Å². The number of nitrogens with two attached hydrogens (primary N) is 2. The molecule has 2 aromatic heterocycles. The molecule has 0 spiro atoms. The first-order valence-corrected chi connectivity index (χ1v) is 8.80. The van der Waals surface area contributed by atoms with Gasteiger partial charge < -0.3 is 41.3 Å². The zero-order valence-electron chi connectivity index (χ0n) is 13.3. The van der Waals surface area contributed by atoms with Gasteiger partial charge in [-0.05, 0) is 0 Å². The Balaban J connectivity index is 2.03. The van der Waals surface area contributed by atoms with Gasteiger partial charge in [-0.1, -0.05) is 0 Å². The van der Waals surface area contributed by atoms with E-state index in [1.807, 2.05) is 0 Å². The van der Waals surface area contributed by atoms with E-state index in [9.17, 15) is 19.9 Å². The van der Waals surface area contributed by atoms with Crippen LogP contribution in [0, 0.1) is 5.41 Å². The molecule has 0 saturated carbocycles. The van der Waals surface area contributed by atoms with Crippen molar-refractivity contribution in [3.05, 3.63) is 11.9 Å². The third kappa shape index (κ3) is 3.62. The Morgan fingerprint density at radius 3 is 2.52 bits per heavy atom. The van der Waals surface area contributed by atoms with Crippen molar-refractivity contribution in [3.8, 4) is 0 Å². The molecule has 5 atom stereocenters. The predicted octanol–water partition coefficient (Wildman–Crippen LogP) is -3.48. The van der Waals surface area contributed by atoms with Crippen molar-refractivity contribution in [2.45, 2.75) is 30.8 Å². The van der Waals surface area contributed by atoms with Gasteiger partial charge in [0, 0.05) is 0 Å². The Hall–Kier alpha value is -2.23. The van der Waals surface area contributed by atoms with E-state index in [-0.39, 0.29) is 22.7 Å². The van der Waals surface area contributed by atoms with Crippen molar-refractivity contribution in [1.29, 1.82) is 5.41 Å². The number of aliphatic hydroxyl groups excluding tert-OH is 3. The van der Waals surface area contributed by atoms with Crippen molar-refractivity contribution >= 4 is 30.5 Å². The van der Waals surface area contributed by atoms with Gasteiger partial charge >= 0.3 is 7.82 Å². The van der Waals surface area contributed by atoms with Crippen molar-refractivity contribution in [3.63, 3.8) is 0 Å². The second kappa shape index (κ2) is 6.74. The minimum absolute atomic E-state index is 0.0285. The molecule has 0 bridgehead atoms. The monoisotopic (exact) mass is 405 g/mol. The first kappa shape index (κ1) is 19.5. The molecule has 1 aliphatic heterocycles. The maximum Gasteiger partial charge on any atom is 0.472 e. The number of anilines is 2. The summed E-state index contributed by atoms with van der Waals surface area (Å²) in [5.74, 6) is -0.398. The standard InChI is InChI=1S/C11H16N7O8P/c12-7-2-3(8(13)17-11(14)16-7)18(1-15-2)9-5(20)4(19)6(25-9)10(21)26-27(22,23)24/h1,4-6,9-10,19-21H,(H2,22,23,24)(H5,12,13,14,16,17)/t4-,5+,6-,9+,10?/m0/s1. The van der Waals surface area contributed by atoms with Gasteiger partial charge in [0.25, 0.3) is 0 Å². The smallest absolute Gasteiger partial charge is 0.387 e. The number of phosphoric ester groups is 1. The van der Waals surface area contributed by atoms with Gasteiger partial charge in [0.05, 0.1) is 6.33 Å². The molecule has 148 valence electrons. The van der Waals surface area contributed by atoms with Gasteiger partial charge in [0.1, 0.15) is 29.3 Å². The van der Waals surface area contributed by atoms with Gasteiger partial charge in [-0.25, -0.2) is 9.55 Å². The van der Waals surface area contributed by atoms with E-state index in [0.717, 1.165) is 10.9 Å². The van der Waals surface area contributed by atoms with Crippen LogP contribution in [-0.2, 0) is 13.8 Å². The number of nitrogens with one attached hydrogen (secondary N) is 1. The van der Waals surface area contributed by atoms with E-state index in [0.29, 0.717) is 0 Å². The number of nitrogen functional groups attached to an aromatic ring is 2. The second-order valence-corrected chi connectivity index (χ2v) is 6.82. The lowest BCUT2D eigenvalue weighted by Gasteiger charge is -2.21. The zero-order chi connectivity index (χ0) is 20.1. The van der Waals surface area contributed by atoms with Crippen LogP contribution >= 0.6 is 7.82 Å². The zero-order valence-corrected chi connectivity index (χ0v) is 14.2. The van der Waals surface area contributed by atoms with E-state index in [4.69, 9.17) is 31.4 Å². The van der Waals surface area contributed by atoms with Gasteiger partial charge in [-0.2, -0.15) is 9.97 Å². The number of nitrogens with zero attached hydrogens (tertiary/aromatic N) is 4. The molecule has 15 nitrogen and oxygen atoms in total. The lowest BCUT2D eigenvalue weighted by molar-refractivity contribution is -0.160. The molecule has 1 aliphatic rings. The molecule has 27 heavy (non-hydrogen) atoms. The molecule has 1 fully saturated rings. The minimum Gasteiger partial charge on any atom is -0.387 e. The molecule has 0 aromatic carbocycles. The van der Waals surface area contributed by atoms with Crippen molar-refractivity contribution in [2.75, 3.05) is 11.5 Å². The molecular formula is C11H16N7O8P. The first-order chi connectivity index (χ1) is 12.5. The summed E-state index contributed by atoms with van der Waals surface area (Å²) in [4.78, 5) is 28.9. The fourth-order valence-electron chi connectivity index (χ4n) is 2.71. The largest absolute Gasteiger partial charge is 0.472 e. The molecule has 0 radical (unpaired) electrons. The van der Waals surface area contributed by atoms with Crippen LogP contribution in [0.5, 0.6) is 0 Å². The number of hydrogen-bond acceptors (Lipinski definition) is 12. The summed E-state index contributed by atoms with van der Waals surface area (Å²) in [5.41, 5.74) is 11.1. The summed E-state index contributed by atoms with van der Waals surface area (Å²) >= 11 is 0. The summed E-state index contributed by atoms with van der Waals surface area (Å²) < 4.78 is 21.4. The Morgan fingerprint density at radius 1 is 1.26 bits per heavy atom. The Labute approximate surface area is 149 Å². The molecular weight excluding hydrogens is 389 g/mol. The predicted molar refractivity (Wildman–Crippen MR) is 85.1 cm³/mol. The SMILES string of the molecule is N=c1nc(N)c2ncn([C@@H]3O[C@H](C(O)OP(=O)(O)O)[C@@H](O)[C@H]3O)c2c(N)n1. The summed E-state index contributed by atoms with van der Waals surface area (Å²) in [7, 11) is -5.09. The average Bonchev–Trinajstić information content (AvgIpc) is 3.05. The number of hydrogen-bond donors (Lipinski definition) is 8.